The van der Waals surface area contributed by atoms with Gasteiger partial charge < -0.3 is 20.5 Å². The first kappa shape index (κ1) is 14.3. The average molecular weight is 252 g/mol. The molecule has 0 saturated heterocycles. The maximum atomic E-state index is 11.2. The average Bonchev–Trinajstić information content (AvgIpc) is 2.34. The Hall–Kier alpha value is -1.75. The molecule has 1 aromatic rings. The van der Waals surface area contributed by atoms with Gasteiger partial charge >= 0.3 is 5.97 Å². The van der Waals surface area contributed by atoms with Crippen LogP contribution in [0.2, 0.25) is 0 Å². The van der Waals surface area contributed by atoms with Gasteiger partial charge in [-0.1, -0.05) is 0 Å². The SMILES string of the molecule is CCOCCN(CC)c1cc(N)ccc1C(=O)O. The molecule has 18 heavy (non-hydrogen) atoms. The molecule has 0 aliphatic heterocycles. The summed E-state index contributed by atoms with van der Waals surface area (Å²) in [6, 6.07) is 4.83. The third-order valence-corrected chi connectivity index (χ3v) is 2.68. The van der Waals surface area contributed by atoms with Gasteiger partial charge in [-0.15, -0.1) is 0 Å². The van der Waals surface area contributed by atoms with Crippen molar-refractivity contribution in [3.05, 3.63) is 23.8 Å². The number of carboxylic acids is 1. The zero-order chi connectivity index (χ0) is 13.5. The fraction of sp³-hybridized carbons (Fsp3) is 0.462. The molecule has 3 N–H and O–H groups in total. The van der Waals surface area contributed by atoms with Crippen molar-refractivity contribution in [1.29, 1.82) is 0 Å². The fourth-order valence-electron chi connectivity index (χ4n) is 1.76. The van der Waals surface area contributed by atoms with Crippen LogP contribution in [0.25, 0.3) is 0 Å². The van der Waals surface area contributed by atoms with Crippen LogP contribution in [-0.2, 0) is 4.74 Å². The minimum Gasteiger partial charge on any atom is -0.478 e. The van der Waals surface area contributed by atoms with E-state index in [4.69, 9.17) is 10.5 Å². The number of rotatable bonds is 7. The van der Waals surface area contributed by atoms with Crippen LogP contribution in [0.3, 0.4) is 0 Å². The third kappa shape index (κ3) is 3.63. The fourth-order valence-corrected chi connectivity index (χ4v) is 1.76. The van der Waals surface area contributed by atoms with Gasteiger partial charge in [0, 0.05) is 25.4 Å². The van der Waals surface area contributed by atoms with Gasteiger partial charge in [-0.3, -0.25) is 0 Å². The van der Waals surface area contributed by atoms with E-state index in [2.05, 4.69) is 0 Å². The second-order valence-corrected chi connectivity index (χ2v) is 3.86. The molecule has 0 atom stereocenters. The summed E-state index contributed by atoms with van der Waals surface area (Å²) in [5.74, 6) is -0.945. The summed E-state index contributed by atoms with van der Waals surface area (Å²) < 4.78 is 5.30. The van der Waals surface area contributed by atoms with Crippen LogP contribution in [0.4, 0.5) is 11.4 Å². The van der Waals surface area contributed by atoms with Gasteiger partial charge in [-0.25, -0.2) is 4.79 Å². The highest BCUT2D eigenvalue weighted by atomic mass is 16.5. The van der Waals surface area contributed by atoms with Gasteiger partial charge in [0.15, 0.2) is 0 Å². The highest BCUT2D eigenvalue weighted by Crippen LogP contribution is 2.23. The Bertz CT molecular complexity index is 407. The topological polar surface area (TPSA) is 75.8 Å². The van der Waals surface area contributed by atoms with Crippen molar-refractivity contribution in [2.45, 2.75) is 13.8 Å². The highest BCUT2D eigenvalue weighted by Gasteiger charge is 2.15. The number of hydrogen-bond acceptors (Lipinski definition) is 4. The zero-order valence-electron chi connectivity index (χ0n) is 10.8. The standard InChI is InChI=1S/C13H20N2O3/c1-3-15(7-8-18-4-2)12-9-10(14)5-6-11(12)13(16)17/h5-6,9H,3-4,7-8,14H2,1-2H3,(H,16,17). The largest absolute Gasteiger partial charge is 0.478 e. The molecule has 0 radical (unpaired) electrons. The van der Waals surface area contributed by atoms with Crippen molar-refractivity contribution in [2.75, 3.05) is 36.9 Å². The summed E-state index contributed by atoms with van der Waals surface area (Å²) in [6.07, 6.45) is 0. The number of aromatic carboxylic acids is 1. The molecule has 0 aromatic heterocycles. The quantitative estimate of drug-likeness (QED) is 0.572. The molecule has 0 bridgehead atoms. The molecular weight excluding hydrogens is 232 g/mol. The molecule has 0 fully saturated rings. The first-order valence-electron chi connectivity index (χ1n) is 6.05. The molecule has 1 aromatic carbocycles. The van der Waals surface area contributed by atoms with Crippen LogP contribution >= 0.6 is 0 Å². The maximum Gasteiger partial charge on any atom is 0.337 e. The number of nitrogens with zero attached hydrogens (tertiary/aromatic N) is 1. The summed E-state index contributed by atoms with van der Waals surface area (Å²) in [5.41, 5.74) is 7.19. The molecule has 0 saturated carbocycles. The lowest BCUT2D eigenvalue weighted by Crippen LogP contribution is -2.28. The lowest BCUT2D eigenvalue weighted by Gasteiger charge is -2.24. The monoisotopic (exact) mass is 252 g/mol. The van der Waals surface area contributed by atoms with E-state index < -0.39 is 5.97 Å². The van der Waals surface area contributed by atoms with E-state index in [-0.39, 0.29) is 5.56 Å². The Balaban J connectivity index is 2.95. The summed E-state index contributed by atoms with van der Waals surface area (Å²) in [4.78, 5) is 13.1. The van der Waals surface area contributed by atoms with Crippen molar-refractivity contribution in [2.24, 2.45) is 0 Å². The molecule has 0 spiro atoms. The van der Waals surface area contributed by atoms with Gasteiger partial charge in [-0.05, 0) is 32.0 Å². The molecule has 0 amide bonds. The number of benzene rings is 1. The molecule has 0 heterocycles. The summed E-state index contributed by atoms with van der Waals surface area (Å²) in [7, 11) is 0. The van der Waals surface area contributed by atoms with Crippen LogP contribution in [0.15, 0.2) is 18.2 Å². The molecule has 100 valence electrons. The van der Waals surface area contributed by atoms with Gasteiger partial charge in [0.2, 0.25) is 0 Å². The Morgan fingerprint density at radius 3 is 2.72 bits per heavy atom. The van der Waals surface area contributed by atoms with E-state index in [9.17, 15) is 9.90 Å². The molecule has 0 aliphatic rings. The van der Waals surface area contributed by atoms with Crippen molar-refractivity contribution < 1.29 is 14.6 Å². The Labute approximate surface area is 107 Å². The predicted octanol–water partition coefficient (Wildman–Crippen LogP) is 1.83. The summed E-state index contributed by atoms with van der Waals surface area (Å²) in [5, 5.41) is 9.17. The lowest BCUT2D eigenvalue weighted by molar-refractivity contribution is 0.0697. The number of nitrogens with two attached hydrogens (primary N) is 1. The number of hydrogen-bond donors (Lipinski definition) is 2. The van der Waals surface area contributed by atoms with Crippen LogP contribution in [0.5, 0.6) is 0 Å². The van der Waals surface area contributed by atoms with Gasteiger partial charge in [0.1, 0.15) is 0 Å². The molecule has 5 nitrogen and oxygen atoms in total. The minimum absolute atomic E-state index is 0.266. The van der Waals surface area contributed by atoms with E-state index in [1.165, 1.54) is 6.07 Å². The van der Waals surface area contributed by atoms with Gasteiger partial charge in [0.05, 0.1) is 17.9 Å². The molecule has 0 unspecified atom stereocenters. The van der Waals surface area contributed by atoms with E-state index >= 15 is 0 Å². The maximum absolute atomic E-state index is 11.2. The normalized spacial score (nSPS) is 10.3. The third-order valence-electron chi connectivity index (χ3n) is 2.68. The number of ether oxygens (including phenoxy) is 1. The van der Waals surface area contributed by atoms with Crippen LogP contribution < -0.4 is 10.6 Å². The molecular formula is C13H20N2O3. The number of anilines is 2. The Kier molecular flexibility index (Phi) is 5.45. The van der Waals surface area contributed by atoms with Gasteiger partial charge in [-0.2, -0.15) is 0 Å². The lowest BCUT2D eigenvalue weighted by atomic mass is 10.1. The van der Waals surface area contributed by atoms with E-state index in [1.54, 1.807) is 12.1 Å². The zero-order valence-corrected chi connectivity index (χ0v) is 10.8. The first-order valence-corrected chi connectivity index (χ1v) is 6.05. The van der Waals surface area contributed by atoms with Crippen LogP contribution in [0.1, 0.15) is 24.2 Å². The van der Waals surface area contributed by atoms with Crippen molar-refractivity contribution in [3.8, 4) is 0 Å². The van der Waals surface area contributed by atoms with Crippen molar-refractivity contribution >= 4 is 17.3 Å². The highest BCUT2D eigenvalue weighted by molar-refractivity contribution is 5.95. The number of nitrogen functional groups attached to an aromatic ring is 1. The molecule has 0 aliphatic carbocycles. The number of carboxylic acid groups (broad SMARTS) is 1. The van der Waals surface area contributed by atoms with Crippen LogP contribution in [-0.4, -0.2) is 37.4 Å². The van der Waals surface area contributed by atoms with Crippen molar-refractivity contribution in [1.82, 2.24) is 0 Å². The molecule has 1 rings (SSSR count). The summed E-state index contributed by atoms with van der Waals surface area (Å²) >= 11 is 0. The predicted molar refractivity (Wildman–Crippen MR) is 72.2 cm³/mol. The van der Waals surface area contributed by atoms with Crippen LogP contribution in [0, 0.1) is 0 Å². The van der Waals surface area contributed by atoms with E-state index in [1.807, 2.05) is 18.7 Å². The molecule has 5 heteroatoms. The second-order valence-electron chi connectivity index (χ2n) is 3.86. The second kappa shape index (κ2) is 6.86. The number of carbonyl (C=O) groups is 1. The van der Waals surface area contributed by atoms with E-state index in [0.29, 0.717) is 37.7 Å². The first-order chi connectivity index (χ1) is 8.60. The van der Waals surface area contributed by atoms with E-state index in [0.717, 1.165) is 0 Å². The smallest absolute Gasteiger partial charge is 0.337 e. The van der Waals surface area contributed by atoms with Crippen molar-refractivity contribution in [3.63, 3.8) is 0 Å². The van der Waals surface area contributed by atoms with Gasteiger partial charge in [0.25, 0.3) is 0 Å². The summed E-state index contributed by atoms with van der Waals surface area (Å²) in [6.45, 7) is 6.48. The Morgan fingerprint density at radius 1 is 1.44 bits per heavy atom. The minimum atomic E-state index is -0.945. The number of likely N-dealkylation sites (N-methyl/N-ethyl adjacent to an activating group) is 1. The Morgan fingerprint density at radius 2 is 2.17 bits per heavy atom.